The number of hydrogen-bond acceptors (Lipinski definition) is 4. The molecule has 0 bridgehead atoms. The fourth-order valence-corrected chi connectivity index (χ4v) is 3.76. The van der Waals surface area contributed by atoms with Crippen LogP contribution in [0.5, 0.6) is 0 Å². The topological polar surface area (TPSA) is 98.2 Å². The van der Waals surface area contributed by atoms with Gasteiger partial charge < -0.3 is 15.1 Å². The van der Waals surface area contributed by atoms with E-state index in [2.05, 4.69) is 6.92 Å². The molecule has 0 radical (unpaired) electrons. The number of carbonyl (C=O) groups is 3. The van der Waals surface area contributed by atoms with Crippen molar-refractivity contribution >= 4 is 23.9 Å². The Balaban J connectivity index is 2.15. The standard InChI is InChI=1S/C24H32N2O5/c1-3-4-5-6-7-11-14-20(24(30)31)25(2)22-19(26(23(22)29)17-21(27)28)16-15-18-12-9-8-10-13-18/h8-16,19-20,22H,3-7,17H2,1-2H3,(H,27,28)(H,30,31)/b14-11+,16-15+/t19-,20?,22+/m1/s1. The van der Waals surface area contributed by atoms with Crippen molar-refractivity contribution in [3.63, 3.8) is 0 Å². The number of aliphatic carboxylic acids is 2. The highest BCUT2D eigenvalue weighted by Gasteiger charge is 2.50. The molecule has 0 aromatic heterocycles. The summed E-state index contributed by atoms with van der Waals surface area (Å²) in [5.41, 5.74) is 0.917. The van der Waals surface area contributed by atoms with Crippen molar-refractivity contribution in [3.05, 3.63) is 54.1 Å². The number of carbonyl (C=O) groups excluding carboxylic acids is 1. The van der Waals surface area contributed by atoms with Crippen molar-refractivity contribution in [2.45, 2.75) is 57.2 Å². The van der Waals surface area contributed by atoms with Gasteiger partial charge in [0.2, 0.25) is 5.91 Å². The Hall–Kier alpha value is -2.93. The number of rotatable bonds is 13. The highest BCUT2D eigenvalue weighted by atomic mass is 16.4. The van der Waals surface area contributed by atoms with Crippen LogP contribution >= 0.6 is 0 Å². The zero-order valence-electron chi connectivity index (χ0n) is 18.2. The molecule has 1 unspecified atom stereocenters. The molecule has 168 valence electrons. The minimum atomic E-state index is -1.10. The molecule has 1 amide bonds. The van der Waals surface area contributed by atoms with E-state index in [-0.39, 0.29) is 5.91 Å². The fraction of sp³-hybridized carbons (Fsp3) is 0.458. The average molecular weight is 429 g/mol. The number of nitrogens with zero attached hydrogens (tertiary/aromatic N) is 2. The molecule has 3 atom stereocenters. The number of β-lactam (4-membered cyclic amide) rings is 1. The van der Waals surface area contributed by atoms with Crippen LogP contribution < -0.4 is 0 Å². The molecule has 31 heavy (non-hydrogen) atoms. The Morgan fingerprint density at radius 2 is 1.87 bits per heavy atom. The molecule has 2 rings (SSSR count). The fourth-order valence-electron chi connectivity index (χ4n) is 3.76. The minimum absolute atomic E-state index is 0.379. The van der Waals surface area contributed by atoms with Crippen molar-refractivity contribution in [2.24, 2.45) is 0 Å². The van der Waals surface area contributed by atoms with E-state index in [1.165, 1.54) is 9.80 Å². The molecule has 2 N–H and O–H groups in total. The van der Waals surface area contributed by atoms with E-state index in [9.17, 15) is 19.5 Å². The van der Waals surface area contributed by atoms with Gasteiger partial charge in [0.1, 0.15) is 18.6 Å². The second-order valence-electron chi connectivity index (χ2n) is 7.79. The zero-order chi connectivity index (χ0) is 22.8. The summed E-state index contributed by atoms with van der Waals surface area (Å²) < 4.78 is 0. The average Bonchev–Trinajstić information content (AvgIpc) is 2.74. The number of allylic oxidation sites excluding steroid dienone is 1. The molecule has 1 aromatic carbocycles. The first-order valence-electron chi connectivity index (χ1n) is 10.7. The molecule has 1 heterocycles. The normalized spacial score (nSPS) is 19.8. The summed E-state index contributed by atoms with van der Waals surface area (Å²) in [6.07, 6.45) is 12.3. The molecule has 1 aromatic rings. The third-order valence-corrected chi connectivity index (χ3v) is 5.48. The first-order valence-corrected chi connectivity index (χ1v) is 10.7. The lowest BCUT2D eigenvalue weighted by atomic mass is 9.91. The van der Waals surface area contributed by atoms with Crippen LogP contribution in [0.15, 0.2) is 48.6 Å². The Labute approximate surface area is 183 Å². The molecule has 1 saturated heterocycles. The second kappa shape index (κ2) is 12.1. The van der Waals surface area contributed by atoms with E-state index in [4.69, 9.17) is 5.11 Å². The summed E-state index contributed by atoms with van der Waals surface area (Å²) in [4.78, 5) is 38.6. The van der Waals surface area contributed by atoms with E-state index in [1.54, 1.807) is 19.2 Å². The highest BCUT2D eigenvalue weighted by Crippen LogP contribution is 2.28. The largest absolute Gasteiger partial charge is 0.480 e. The first-order chi connectivity index (χ1) is 14.9. The van der Waals surface area contributed by atoms with Gasteiger partial charge in [-0.3, -0.25) is 19.3 Å². The molecule has 1 aliphatic heterocycles. The van der Waals surface area contributed by atoms with Gasteiger partial charge in [0.15, 0.2) is 0 Å². The zero-order valence-corrected chi connectivity index (χ0v) is 18.2. The third kappa shape index (κ3) is 6.79. The summed E-state index contributed by atoms with van der Waals surface area (Å²) >= 11 is 0. The van der Waals surface area contributed by atoms with E-state index >= 15 is 0 Å². The molecule has 1 fully saturated rings. The van der Waals surface area contributed by atoms with Gasteiger partial charge in [0.25, 0.3) is 0 Å². The van der Waals surface area contributed by atoms with Crippen molar-refractivity contribution in [3.8, 4) is 0 Å². The van der Waals surface area contributed by atoms with Crippen molar-refractivity contribution in [1.82, 2.24) is 9.80 Å². The van der Waals surface area contributed by atoms with Crippen LogP contribution in [0, 0.1) is 0 Å². The number of likely N-dealkylation sites (N-methyl/N-ethyl adjacent to an activating group) is 1. The molecule has 7 heteroatoms. The number of carboxylic acids is 2. The van der Waals surface area contributed by atoms with E-state index in [0.29, 0.717) is 0 Å². The van der Waals surface area contributed by atoms with Gasteiger partial charge in [-0.1, -0.05) is 80.8 Å². The molecule has 0 saturated carbocycles. The van der Waals surface area contributed by atoms with Gasteiger partial charge in [-0.15, -0.1) is 0 Å². The van der Waals surface area contributed by atoms with Crippen LogP contribution in [0.2, 0.25) is 0 Å². The number of amides is 1. The minimum Gasteiger partial charge on any atom is -0.480 e. The number of likely N-dealkylation sites (tertiary alicyclic amines) is 1. The van der Waals surface area contributed by atoms with Gasteiger partial charge in [0.05, 0.1) is 6.04 Å². The lowest BCUT2D eigenvalue weighted by Crippen LogP contribution is -2.71. The van der Waals surface area contributed by atoms with Crippen LogP contribution in [0.25, 0.3) is 6.08 Å². The van der Waals surface area contributed by atoms with Crippen molar-refractivity contribution in [1.29, 1.82) is 0 Å². The SMILES string of the molecule is CCCCCC/C=C/C(C(=O)O)N(C)[C@@H]1C(=O)N(CC(=O)O)[C@@H]1/C=C/c1ccccc1. The smallest absolute Gasteiger partial charge is 0.324 e. The van der Waals surface area contributed by atoms with E-state index in [1.807, 2.05) is 42.5 Å². The van der Waals surface area contributed by atoms with Crippen LogP contribution in [0.4, 0.5) is 0 Å². The van der Waals surface area contributed by atoms with Gasteiger partial charge in [0, 0.05) is 0 Å². The van der Waals surface area contributed by atoms with E-state index < -0.39 is 36.6 Å². The Kier molecular flexibility index (Phi) is 9.46. The number of unbranched alkanes of at least 4 members (excludes halogenated alkanes) is 4. The molecule has 0 spiro atoms. The summed E-state index contributed by atoms with van der Waals surface area (Å²) in [5, 5.41) is 18.9. The van der Waals surface area contributed by atoms with Crippen LogP contribution in [0.3, 0.4) is 0 Å². The summed E-state index contributed by atoms with van der Waals surface area (Å²) in [5.74, 6) is -2.52. The maximum absolute atomic E-state index is 12.7. The summed E-state index contributed by atoms with van der Waals surface area (Å²) in [6.45, 7) is 1.72. The molecule has 7 nitrogen and oxygen atoms in total. The maximum Gasteiger partial charge on any atom is 0.324 e. The van der Waals surface area contributed by atoms with Crippen molar-refractivity contribution < 1.29 is 24.6 Å². The molecular formula is C24H32N2O5. The monoisotopic (exact) mass is 428 g/mol. The molecule has 1 aliphatic rings. The van der Waals surface area contributed by atoms with Gasteiger partial charge in [-0.25, -0.2) is 0 Å². The number of carboxylic acid groups (broad SMARTS) is 2. The molecular weight excluding hydrogens is 396 g/mol. The highest BCUT2D eigenvalue weighted by molar-refractivity contribution is 5.94. The number of benzene rings is 1. The Morgan fingerprint density at radius 3 is 2.48 bits per heavy atom. The number of hydrogen-bond donors (Lipinski definition) is 2. The van der Waals surface area contributed by atoms with Crippen LogP contribution in [-0.4, -0.2) is 69.6 Å². The third-order valence-electron chi connectivity index (χ3n) is 5.48. The lowest BCUT2D eigenvalue weighted by Gasteiger charge is -2.49. The second-order valence-corrected chi connectivity index (χ2v) is 7.79. The Morgan fingerprint density at radius 1 is 1.16 bits per heavy atom. The van der Waals surface area contributed by atoms with Crippen LogP contribution in [-0.2, 0) is 14.4 Å². The predicted octanol–water partition coefficient (Wildman–Crippen LogP) is 3.28. The summed E-state index contributed by atoms with van der Waals surface area (Å²) in [6, 6.07) is 7.26. The van der Waals surface area contributed by atoms with Crippen LogP contribution in [0.1, 0.15) is 44.6 Å². The predicted molar refractivity (Wildman–Crippen MR) is 119 cm³/mol. The van der Waals surface area contributed by atoms with Gasteiger partial charge in [-0.05, 0) is 25.5 Å². The maximum atomic E-state index is 12.7. The Bertz CT molecular complexity index is 805. The van der Waals surface area contributed by atoms with E-state index in [0.717, 1.165) is 37.7 Å². The van der Waals surface area contributed by atoms with Crippen molar-refractivity contribution in [2.75, 3.05) is 13.6 Å². The lowest BCUT2D eigenvalue weighted by molar-refractivity contribution is -0.164. The first kappa shape index (κ1) is 24.3. The summed E-state index contributed by atoms with van der Waals surface area (Å²) in [7, 11) is 1.60. The quantitative estimate of drug-likeness (QED) is 0.284. The molecule has 0 aliphatic carbocycles. The van der Waals surface area contributed by atoms with Gasteiger partial charge in [-0.2, -0.15) is 0 Å². The van der Waals surface area contributed by atoms with Gasteiger partial charge >= 0.3 is 11.9 Å².